The molecule has 0 aliphatic carbocycles. The van der Waals surface area contributed by atoms with Gasteiger partial charge in [0.2, 0.25) is 0 Å². The molecule has 0 fully saturated rings. The number of nitrogens with one attached hydrogen (secondary N) is 1. The van der Waals surface area contributed by atoms with E-state index in [0.29, 0.717) is 5.69 Å². The van der Waals surface area contributed by atoms with Crippen LogP contribution in [0.5, 0.6) is 5.75 Å². The van der Waals surface area contributed by atoms with Crippen molar-refractivity contribution in [3.63, 3.8) is 0 Å². The Morgan fingerprint density at radius 1 is 0.722 bits per heavy atom. The minimum Gasteiger partial charge on any atom is -0.744 e. The Morgan fingerprint density at radius 2 is 1.36 bits per heavy atom. The van der Waals surface area contributed by atoms with E-state index < -0.39 is 41.5 Å². The molecule has 0 aromatic heterocycles. The third-order valence-corrected chi connectivity index (χ3v) is 6.47. The quantitative estimate of drug-likeness (QED) is 0.168. The van der Waals surface area contributed by atoms with Gasteiger partial charge in [-0.05, 0) is 60.0 Å². The molecular weight excluding hydrogens is 528 g/mol. The van der Waals surface area contributed by atoms with Gasteiger partial charge in [-0.2, -0.15) is 5.11 Å². The van der Waals surface area contributed by atoms with E-state index in [4.69, 9.17) is 0 Å². The summed E-state index contributed by atoms with van der Waals surface area (Å²) in [6.45, 7) is 0. The van der Waals surface area contributed by atoms with Crippen LogP contribution < -0.4 is 64.4 Å². The number of para-hydroxylation sites is 1. The van der Waals surface area contributed by atoms with Crippen LogP contribution in [0, 0.1) is 0 Å². The Morgan fingerprint density at radius 3 is 1.94 bits per heavy atom. The third kappa shape index (κ3) is 7.13. The predicted molar refractivity (Wildman–Crippen MR) is 122 cm³/mol. The molecule has 0 amide bonds. The van der Waals surface area contributed by atoms with Gasteiger partial charge in [-0.1, -0.05) is 24.3 Å². The summed E-state index contributed by atoms with van der Waals surface area (Å²) >= 11 is 0. The molecule has 0 aliphatic heterocycles. The zero-order valence-electron chi connectivity index (χ0n) is 19.1. The van der Waals surface area contributed by atoms with E-state index in [2.05, 4.69) is 15.5 Å². The molecule has 174 valence electrons. The van der Waals surface area contributed by atoms with Gasteiger partial charge in [0, 0.05) is 16.8 Å². The summed E-state index contributed by atoms with van der Waals surface area (Å²) in [6, 6.07) is 19.4. The maximum atomic E-state index is 11.8. The molecule has 4 rings (SSSR count). The molecule has 0 aliphatic rings. The first-order chi connectivity index (χ1) is 16.0. The largest absolute Gasteiger partial charge is 1.00 e. The number of fused-ring (bicyclic) bond motifs is 1. The van der Waals surface area contributed by atoms with Crippen LogP contribution in [0.1, 0.15) is 0 Å². The Kier molecular flexibility index (Phi) is 10.2. The summed E-state index contributed by atoms with van der Waals surface area (Å²) in [4.78, 5) is -1.26. The summed E-state index contributed by atoms with van der Waals surface area (Å²) in [5.41, 5.74) is 0.855. The third-order valence-electron chi connectivity index (χ3n) is 4.78. The number of rotatable bonds is 6. The summed E-state index contributed by atoms with van der Waals surface area (Å²) in [6.07, 6.45) is 0. The number of azo groups is 1. The maximum Gasteiger partial charge on any atom is 1.00 e. The standard InChI is InChI=1S/C22H17N3O7S2.2Na/c26-22-19-13-17(23-15-4-2-1-3-5-15)7-6-14(19)12-20(34(30,31)32)21(22)25-24-16-8-10-18(11-9-16)33(27,28)29;;/h1-13,23,26H,(H,27,28,29)(H,30,31,32);;/q;2*+1/p-2. The van der Waals surface area contributed by atoms with Crippen LogP contribution in [-0.2, 0) is 20.2 Å². The molecule has 0 spiro atoms. The summed E-state index contributed by atoms with van der Waals surface area (Å²) in [7, 11) is -9.70. The first kappa shape index (κ1) is 30.4. The number of phenols is 1. The Labute approximate surface area is 251 Å². The molecule has 0 saturated carbocycles. The number of benzene rings is 4. The van der Waals surface area contributed by atoms with E-state index in [-0.39, 0.29) is 75.6 Å². The van der Waals surface area contributed by atoms with E-state index in [9.17, 15) is 31.0 Å². The second kappa shape index (κ2) is 12.1. The molecule has 10 nitrogen and oxygen atoms in total. The van der Waals surface area contributed by atoms with Crippen LogP contribution in [0.4, 0.5) is 22.7 Å². The molecule has 0 atom stereocenters. The van der Waals surface area contributed by atoms with Crippen molar-refractivity contribution >= 4 is 53.8 Å². The van der Waals surface area contributed by atoms with Crippen molar-refractivity contribution in [2.75, 3.05) is 5.32 Å². The minimum atomic E-state index is -5.04. The van der Waals surface area contributed by atoms with Gasteiger partial charge in [0.15, 0.2) is 5.75 Å². The van der Waals surface area contributed by atoms with Crippen molar-refractivity contribution in [3.05, 3.63) is 78.9 Å². The van der Waals surface area contributed by atoms with Crippen molar-refractivity contribution in [1.29, 1.82) is 0 Å². The van der Waals surface area contributed by atoms with Gasteiger partial charge in [0.05, 0.1) is 15.5 Å². The molecule has 36 heavy (non-hydrogen) atoms. The SMILES string of the molecule is O=S(=O)([O-])c1ccc(N=Nc2c(S(=O)(=O)[O-])cc3ccc(Nc4ccccc4)cc3c2O)cc1.[Na+].[Na+]. The molecule has 0 bridgehead atoms. The van der Waals surface area contributed by atoms with Gasteiger partial charge < -0.3 is 19.5 Å². The van der Waals surface area contributed by atoms with Gasteiger partial charge in [-0.3, -0.25) is 0 Å². The molecular formula is C22H15N3Na2O7S2. The molecule has 4 aromatic carbocycles. The van der Waals surface area contributed by atoms with E-state index >= 15 is 0 Å². The van der Waals surface area contributed by atoms with Gasteiger partial charge >= 0.3 is 59.1 Å². The van der Waals surface area contributed by atoms with Crippen LogP contribution in [-0.4, -0.2) is 31.0 Å². The number of hydrogen-bond donors (Lipinski definition) is 2. The van der Waals surface area contributed by atoms with Gasteiger partial charge in [-0.15, -0.1) is 5.11 Å². The summed E-state index contributed by atoms with van der Waals surface area (Å²) < 4.78 is 68.6. The second-order valence-electron chi connectivity index (χ2n) is 7.10. The van der Waals surface area contributed by atoms with E-state index in [1.54, 1.807) is 12.1 Å². The van der Waals surface area contributed by atoms with Gasteiger partial charge in [-0.25, -0.2) is 16.8 Å². The molecule has 0 saturated heterocycles. The van der Waals surface area contributed by atoms with Crippen molar-refractivity contribution < 1.29 is 90.2 Å². The molecule has 0 radical (unpaired) electrons. The first-order valence-corrected chi connectivity index (χ1v) is 12.4. The van der Waals surface area contributed by atoms with Gasteiger partial charge in [0.1, 0.15) is 25.9 Å². The molecule has 2 N–H and O–H groups in total. The average molecular weight is 543 g/mol. The minimum absolute atomic E-state index is 0. The van der Waals surface area contributed by atoms with Crippen LogP contribution in [0.25, 0.3) is 10.8 Å². The number of anilines is 2. The smallest absolute Gasteiger partial charge is 0.744 e. The van der Waals surface area contributed by atoms with Crippen molar-refractivity contribution in [3.8, 4) is 5.75 Å². The van der Waals surface area contributed by atoms with E-state index in [1.165, 1.54) is 18.2 Å². The zero-order chi connectivity index (χ0) is 24.5. The second-order valence-corrected chi connectivity index (χ2v) is 9.83. The van der Waals surface area contributed by atoms with E-state index in [1.807, 2.05) is 30.3 Å². The number of hydrogen-bond acceptors (Lipinski definition) is 10. The topological polar surface area (TPSA) is 171 Å². The van der Waals surface area contributed by atoms with Crippen molar-refractivity contribution in [2.24, 2.45) is 10.2 Å². The normalized spacial score (nSPS) is 11.6. The fraction of sp³-hybridized carbons (Fsp3) is 0. The number of nitrogens with zero attached hydrogens (tertiary/aromatic N) is 2. The number of aromatic hydroxyl groups is 1. The fourth-order valence-electron chi connectivity index (χ4n) is 3.18. The Hall–Kier alpha value is -1.84. The fourth-order valence-corrected chi connectivity index (χ4v) is 4.30. The molecule has 4 aromatic rings. The Bertz CT molecular complexity index is 1630. The zero-order valence-corrected chi connectivity index (χ0v) is 24.7. The van der Waals surface area contributed by atoms with Gasteiger partial charge in [0.25, 0.3) is 0 Å². The summed E-state index contributed by atoms with van der Waals surface area (Å²) in [5, 5.41) is 22.0. The summed E-state index contributed by atoms with van der Waals surface area (Å²) in [5.74, 6) is -0.578. The van der Waals surface area contributed by atoms with Crippen LogP contribution >= 0.6 is 0 Å². The molecule has 0 heterocycles. The van der Waals surface area contributed by atoms with Crippen molar-refractivity contribution in [2.45, 2.75) is 9.79 Å². The predicted octanol–water partition coefficient (Wildman–Crippen LogP) is -1.48. The van der Waals surface area contributed by atoms with Crippen LogP contribution in [0.15, 0.2) is 98.9 Å². The van der Waals surface area contributed by atoms with Crippen molar-refractivity contribution in [1.82, 2.24) is 0 Å². The number of phenolic OH excluding ortho intramolecular Hbond substituents is 1. The average Bonchev–Trinajstić information content (AvgIpc) is 2.78. The van der Waals surface area contributed by atoms with Crippen LogP contribution in [0.2, 0.25) is 0 Å². The van der Waals surface area contributed by atoms with Crippen LogP contribution in [0.3, 0.4) is 0 Å². The maximum absolute atomic E-state index is 11.8. The Balaban J connectivity index is 0.00000228. The molecule has 14 heteroatoms. The monoisotopic (exact) mass is 543 g/mol. The first-order valence-electron chi connectivity index (χ1n) is 9.58. The molecule has 0 unspecified atom stereocenters. The van der Waals surface area contributed by atoms with E-state index in [0.717, 1.165) is 23.9 Å².